The summed E-state index contributed by atoms with van der Waals surface area (Å²) in [6.45, 7) is 3.51. The zero-order valence-electron chi connectivity index (χ0n) is 14.5. The van der Waals surface area contributed by atoms with E-state index in [9.17, 15) is 4.79 Å². The Morgan fingerprint density at radius 2 is 2.12 bits per heavy atom. The fraction of sp³-hybridized carbons (Fsp3) is 0.632. The Bertz CT molecular complexity index is 546. The molecule has 2 fully saturated rings. The van der Waals surface area contributed by atoms with Crippen LogP contribution in [0, 0.1) is 11.3 Å². The number of carbonyl (C=O) groups excluding carboxylic acids is 1. The van der Waals surface area contributed by atoms with Gasteiger partial charge >= 0.3 is 0 Å². The predicted molar refractivity (Wildman–Crippen MR) is 92.9 cm³/mol. The minimum Gasteiger partial charge on any atom is -0.491 e. The average molecular weight is 332 g/mol. The lowest BCUT2D eigenvalue weighted by molar-refractivity contribution is -0.134. The van der Waals surface area contributed by atoms with Crippen LogP contribution in [0.3, 0.4) is 0 Å². The smallest absolute Gasteiger partial charge is 0.228 e. The molecule has 5 heteroatoms. The molecule has 2 atom stereocenters. The van der Waals surface area contributed by atoms with E-state index in [-0.39, 0.29) is 11.3 Å². The average Bonchev–Trinajstić information content (AvgIpc) is 3.06. The van der Waals surface area contributed by atoms with Gasteiger partial charge in [0.15, 0.2) is 0 Å². The van der Waals surface area contributed by atoms with Crippen LogP contribution in [0.1, 0.15) is 31.2 Å². The quantitative estimate of drug-likeness (QED) is 0.751. The Hall–Kier alpha value is -1.59. The molecule has 1 aromatic rings. The van der Waals surface area contributed by atoms with Gasteiger partial charge in [0, 0.05) is 20.2 Å². The number of carbonyl (C=O) groups is 1. The Balaban J connectivity index is 1.52. The predicted octanol–water partition coefficient (Wildman–Crippen LogP) is 2.11. The first kappa shape index (κ1) is 17.2. The lowest BCUT2D eigenvalue weighted by Crippen LogP contribution is -2.47. The molecule has 0 aromatic heterocycles. The number of benzene rings is 1. The van der Waals surface area contributed by atoms with Crippen molar-refractivity contribution >= 4 is 5.91 Å². The number of hydrogen-bond donors (Lipinski definition) is 2. The molecule has 1 aliphatic heterocycles. The van der Waals surface area contributed by atoms with Crippen LogP contribution < -0.4 is 15.4 Å². The second-order valence-corrected chi connectivity index (χ2v) is 6.90. The van der Waals surface area contributed by atoms with Crippen molar-refractivity contribution in [3.05, 3.63) is 29.8 Å². The van der Waals surface area contributed by atoms with Crippen LogP contribution in [0.2, 0.25) is 0 Å². The van der Waals surface area contributed by atoms with Crippen molar-refractivity contribution in [2.45, 2.75) is 32.2 Å². The lowest BCUT2D eigenvalue weighted by Gasteiger charge is -2.37. The molecule has 1 heterocycles. The van der Waals surface area contributed by atoms with Crippen molar-refractivity contribution in [3.8, 4) is 5.75 Å². The maximum Gasteiger partial charge on any atom is 0.228 e. The third-order valence-corrected chi connectivity index (χ3v) is 5.42. The first-order chi connectivity index (χ1) is 11.7. The summed E-state index contributed by atoms with van der Waals surface area (Å²) in [5.41, 5.74) is 0.915. The van der Waals surface area contributed by atoms with Gasteiger partial charge in [-0.3, -0.25) is 4.79 Å². The van der Waals surface area contributed by atoms with Gasteiger partial charge in [-0.25, -0.2) is 0 Å². The van der Waals surface area contributed by atoms with Crippen LogP contribution in [0.4, 0.5) is 0 Å². The molecule has 1 saturated heterocycles. The normalized spacial score (nSPS) is 26.0. The van der Waals surface area contributed by atoms with Crippen molar-refractivity contribution in [1.29, 1.82) is 0 Å². The summed E-state index contributed by atoms with van der Waals surface area (Å²) in [5, 5.41) is 6.59. The Kier molecular flexibility index (Phi) is 5.74. The van der Waals surface area contributed by atoms with Crippen LogP contribution in [-0.2, 0) is 16.1 Å². The Morgan fingerprint density at radius 3 is 2.92 bits per heavy atom. The lowest BCUT2D eigenvalue weighted by atomic mass is 9.67. The number of methoxy groups -OCH3 is 1. The molecular formula is C19H28N2O3. The van der Waals surface area contributed by atoms with Crippen LogP contribution >= 0.6 is 0 Å². The molecule has 3 rings (SSSR count). The van der Waals surface area contributed by atoms with E-state index < -0.39 is 0 Å². The van der Waals surface area contributed by atoms with E-state index >= 15 is 0 Å². The summed E-state index contributed by atoms with van der Waals surface area (Å²) in [5.74, 6) is 1.55. The highest BCUT2D eigenvalue weighted by Gasteiger charge is 2.49. The number of nitrogens with one attached hydrogen (secondary N) is 2. The third kappa shape index (κ3) is 3.73. The summed E-state index contributed by atoms with van der Waals surface area (Å²) in [4.78, 5) is 12.8. The van der Waals surface area contributed by atoms with Gasteiger partial charge in [0.25, 0.3) is 0 Å². The van der Waals surface area contributed by atoms with Gasteiger partial charge in [-0.1, -0.05) is 25.0 Å². The largest absolute Gasteiger partial charge is 0.491 e. The second kappa shape index (κ2) is 7.99. The maximum atomic E-state index is 12.8. The van der Waals surface area contributed by atoms with Crippen molar-refractivity contribution in [2.75, 3.05) is 33.4 Å². The molecule has 0 unspecified atom stereocenters. The standard InChI is InChI=1S/C19H28N2O3/c1-23-10-11-24-17-7-5-15(6-8-17)12-21-18(22)19-9-3-2-4-16(19)13-20-14-19/h5-8,16,20H,2-4,9-14H2,1H3,(H,21,22)/t16-,19+/m0/s1. The summed E-state index contributed by atoms with van der Waals surface area (Å²) >= 11 is 0. The van der Waals surface area contributed by atoms with E-state index in [0.29, 0.717) is 25.7 Å². The number of fused-ring (bicyclic) bond motifs is 1. The highest BCUT2D eigenvalue weighted by atomic mass is 16.5. The van der Waals surface area contributed by atoms with Crippen LogP contribution in [0.15, 0.2) is 24.3 Å². The molecule has 5 nitrogen and oxygen atoms in total. The van der Waals surface area contributed by atoms with E-state index in [0.717, 1.165) is 30.8 Å². The van der Waals surface area contributed by atoms with Gasteiger partial charge in [0.1, 0.15) is 12.4 Å². The molecule has 1 saturated carbocycles. The zero-order valence-corrected chi connectivity index (χ0v) is 14.5. The third-order valence-electron chi connectivity index (χ3n) is 5.42. The summed E-state index contributed by atoms with van der Waals surface area (Å²) in [6, 6.07) is 7.89. The second-order valence-electron chi connectivity index (χ2n) is 6.90. The minimum atomic E-state index is -0.179. The Labute approximate surface area is 144 Å². The molecule has 0 radical (unpaired) electrons. The first-order valence-electron chi connectivity index (χ1n) is 8.94. The SMILES string of the molecule is COCCOc1ccc(CNC(=O)[C@@]23CCCC[C@H]2CNC3)cc1. The van der Waals surface area contributed by atoms with Gasteiger partial charge in [0.05, 0.1) is 12.0 Å². The molecule has 1 aliphatic carbocycles. The van der Waals surface area contributed by atoms with Crippen molar-refractivity contribution in [2.24, 2.45) is 11.3 Å². The molecular weight excluding hydrogens is 304 g/mol. The van der Waals surface area contributed by atoms with Gasteiger partial charge < -0.3 is 20.1 Å². The monoisotopic (exact) mass is 332 g/mol. The summed E-state index contributed by atoms with van der Waals surface area (Å²) < 4.78 is 10.5. The van der Waals surface area contributed by atoms with Gasteiger partial charge in [0.2, 0.25) is 5.91 Å². The molecule has 132 valence electrons. The highest BCUT2D eigenvalue weighted by Crippen LogP contribution is 2.43. The minimum absolute atomic E-state index is 0.179. The van der Waals surface area contributed by atoms with E-state index in [4.69, 9.17) is 9.47 Å². The van der Waals surface area contributed by atoms with Crippen LogP contribution in [-0.4, -0.2) is 39.3 Å². The molecule has 24 heavy (non-hydrogen) atoms. The topological polar surface area (TPSA) is 59.6 Å². The fourth-order valence-corrected chi connectivity index (χ4v) is 4.00. The highest BCUT2D eigenvalue weighted by molar-refractivity contribution is 5.83. The molecule has 0 spiro atoms. The van der Waals surface area contributed by atoms with E-state index in [1.165, 1.54) is 19.3 Å². The van der Waals surface area contributed by atoms with Crippen LogP contribution in [0.5, 0.6) is 5.75 Å². The van der Waals surface area contributed by atoms with Crippen molar-refractivity contribution in [3.63, 3.8) is 0 Å². The molecule has 1 amide bonds. The number of hydrogen-bond acceptors (Lipinski definition) is 4. The van der Waals surface area contributed by atoms with E-state index in [1.54, 1.807) is 7.11 Å². The van der Waals surface area contributed by atoms with Crippen LogP contribution in [0.25, 0.3) is 0 Å². The molecule has 2 N–H and O–H groups in total. The molecule has 1 aromatic carbocycles. The zero-order chi connectivity index (χ0) is 16.8. The maximum absolute atomic E-state index is 12.8. The molecule has 0 bridgehead atoms. The van der Waals surface area contributed by atoms with Gasteiger partial charge in [-0.05, 0) is 43.0 Å². The van der Waals surface area contributed by atoms with Gasteiger partial charge in [-0.15, -0.1) is 0 Å². The molecule has 2 aliphatic rings. The van der Waals surface area contributed by atoms with E-state index in [2.05, 4.69) is 10.6 Å². The van der Waals surface area contributed by atoms with Crippen molar-refractivity contribution in [1.82, 2.24) is 10.6 Å². The first-order valence-corrected chi connectivity index (χ1v) is 8.94. The number of ether oxygens (including phenoxy) is 2. The Morgan fingerprint density at radius 1 is 1.29 bits per heavy atom. The van der Waals surface area contributed by atoms with Gasteiger partial charge in [-0.2, -0.15) is 0 Å². The summed E-state index contributed by atoms with van der Waals surface area (Å²) in [6.07, 6.45) is 4.61. The van der Waals surface area contributed by atoms with E-state index in [1.807, 2.05) is 24.3 Å². The fourth-order valence-electron chi connectivity index (χ4n) is 4.00. The number of amides is 1. The number of rotatable bonds is 7. The van der Waals surface area contributed by atoms with Crippen molar-refractivity contribution < 1.29 is 14.3 Å². The summed E-state index contributed by atoms with van der Waals surface area (Å²) in [7, 11) is 1.66.